The molecule has 1 atom stereocenters. The van der Waals surface area contributed by atoms with Gasteiger partial charge in [-0.1, -0.05) is 23.7 Å². The molecule has 0 aliphatic heterocycles. The third-order valence-corrected chi connectivity index (χ3v) is 3.58. The molecule has 0 saturated heterocycles. The molecule has 6 heteroatoms. The van der Waals surface area contributed by atoms with Gasteiger partial charge in [0, 0.05) is 18.5 Å². The van der Waals surface area contributed by atoms with E-state index >= 15 is 0 Å². The van der Waals surface area contributed by atoms with E-state index in [0.29, 0.717) is 5.02 Å². The number of nitrogens with zero attached hydrogens (tertiary/aromatic N) is 1. The molecule has 0 bridgehead atoms. The van der Waals surface area contributed by atoms with Crippen LogP contribution in [-0.4, -0.2) is 40.3 Å². The van der Waals surface area contributed by atoms with E-state index < -0.39 is 23.2 Å². The van der Waals surface area contributed by atoms with E-state index in [1.165, 1.54) is 14.0 Å². The smallest absolute Gasteiger partial charge is 0.410 e. The summed E-state index contributed by atoms with van der Waals surface area (Å²) in [5.41, 5.74) is -1.34. The first-order valence-electron chi connectivity index (χ1n) is 6.90. The number of amides is 1. The highest BCUT2D eigenvalue weighted by Crippen LogP contribution is 2.23. The van der Waals surface area contributed by atoms with Gasteiger partial charge in [0.1, 0.15) is 11.1 Å². The maximum atomic E-state index is 12.2. The summed E-state index contributed by atoms with van der Waals surface area (Å²) in [7, 11) is 1.43. The summed E-state index contributed by atoms with van der Waals surface area (Å²) in [4.78, 5) is 25.0. The molecule has 122 valence electrons. The van der Waals surface area contributed by atoms with Gasteiger partial charge >= 0.3 is 12.1 Å². The molecule has 1 aromatic rings. The summed E-state index contributed by atoms with van der Waals surface area (Å²) < 4.78 is 5.26. The van der Waals surface area contributed by atoms with Crippen LogP contribution in [0.5, 0.6) is 0 Å². The molecule has 0 aliphatic rings. The molecule has 1 amide bonds. The summed E-state index contributed by atoms with van der Waals surface area (Å²) in [5, 5.41) is 10.2. The Morgan fingerprint density at radius 3 is 2.09 bits per heavy atom. The average Bonchev–Trinajstić information content (AvgIpc) is 2.38. The second kappa shape index (κ2) is 6.57. The summed E-state index contributed by atoms with van der Waals surface area (Å²) in [6, 6.07) is 6.86. The van der Waals surface area contributed by atoms with Gasteiger partial charge in [0.25, 0.3) is 0 Å². The Balaban J connectivity index is 3.01. The van der Waals surface area contributed by atoms with Gasteiger partial charge < -0.3 is 9.84 Å². The molecule has 0 spiro atoms. The molecule has 1 rings (SSSR count). The van der Waals surface area contributed by atoms with Gasteiger partial charge in [-0.25, -0.2) is 9.59 Å². The molecule has 0 fully saturated rings. The minimum Gasteiger partial charge on any atom is -0.479 e. The molecule has 5 nitrogen and oxygen atoms in total. The minimum absolute atomic E-state index is 0.148. The number of likely N-dealkylation sites (N-methyl/N-ethyl adjacent to an activating group) is 1. The third kappa shape index (κ3) is 4.63. The Morgan fingerprint density at radius 2 is 1.68 bits per heavy atom. The standard InChI is InChI=1S/C16H22ClNO4/c1-15(2,3)22-14(21)18(5)16(4,13(19)20)10-11-6-8-12(17)9-7-11/h6-9H,10H2,1-5H3,(H,19,20). The molecule has 1 N–H and O–H groups in total. The van der Waals surface area contributed by atoms with Crippen LogP contribution in [0.25, 0.3) is 0 Å². The number of hydrogen-bond acceptors (Lipinski definition) is 3. The molecule has 0 aromatic heterocycles. The Hall–Kier alpha value is -1.75. The number of aliphatic carboxylic acids is 1. The first-order valence-corrected chi connectivity index (χ1v) is 7.28. The van der Waals surface area contributed by atoms with Crippen molar-refractivity contribution in [2.75, 3.05) is 7.05 Å². The fraction of sp³-hybridized carbons (Fsp3) is 0.500. The monoisotopic (exact) mass is 327 g/mol. The van der Waals surface area contributed by atoms with Crippen LogP contribution in [0.2, 0.25) is 5.02 Å². The van der Waals surface area contributed by atoms with E-state index in [0.717, 1.165) is 10.5 Å². The molecule has 1 unspecified atom stereocenters. The van der Waals surface area contributed by atoms with Crippen LogP contribution >= 0.6 is 11.6 Å². The van der Waals surface area contributed by atoms with E-state index in [1.807, 2.05) is 0 Å². The topological polar surface area (TPSA) is 66.8 Å². The van der Waals surface area contributed by atoms with E-state index in [9.17, 15) is 14.7 Å². The van der Waals surface area contributed by atoms with Crippen LogP contribution in [0, 0.1) is 0 Å². The summed E-state index contributed by atoms with van der Waals surface area (Å²) in [6.45, 7) is 6.69. The highest BCUT2D eigenvalue weighted by molar-refractivity contribution is 6.30. The van der Waals surface area contributed by atoms with E-state index in [4.69, 9.17) is 16.3 Å². The first-order chi connectivity index (χ1) is 9.95. The number of carbonyl (C=O) groups is 2. The van der Waals surface area contributed by atoms with Gasteiger partial charge in [-0.3, -0.25) is 4.90 Å². The average molecular weight is 328 g/mol. The van der Waals surface area contributed by atoms with E-state index in [-0.39, 0.29) is 6.42 Å². The van der Waals surface area contributed by atoms with Gasteiger partial charge in [-0.05, 0) is 45.4 Å². The Kier molecular flexibility index (Phi) is 5.46. The number of halogens is 1. The quantitative estimate of drug-likeness (QED) is 0.917. The van der Waals surface area contributed by atoms with Crippen LogP contribution in [0.15, 0.2) is 24.3 Å². The van der Waals surface area contributed by atoms with E-state index in [1.54, 1.807) is 45.0 Å². The Bertz CT molecular complexity index is 550. The second-order valence-electron chi connectivity index (χ2n) is 6.42. The van der Waals surface area contributed by atoms with Crippen molar-refractivity contribution in [1.29, 1.82) is 0 Å². The number of carboxylic acid groups (broad SMARTS) is 1. The maximum absolute atomic E-state index is 12.2. The van der Waals surface area contributed by atoms with Gasteiger partial charge in [-0.15, -0.1) is 0 Å². The fourth-order valence-electron chi connectivity index (χ4n) is 1.87. The van der Waals surface area contributed by atoms with Crippen molar-refractivity contribution in [2.45, 2.75) is 45.3 Å². The van der Waals surface area contributed by atoms with Gasteiger partial charge in [0.2, 0.25) is 0 Å². The molecule has 0 radical (unpaired) electrons. The molecule has 0 aliphatic carbocycles. The lowest BCUT2D eigenvalue weighted by molar-refractivity contribution is -0.149. The van der Waals surface area contributed by atoms with Crippen molar-refractivity contribution < 1.29 is 19.4 Å². The van der Waals surface area contributed by atoms with Crippen LogP contribution in [0.3, 0.4) is 0 Å². The highest BCUT2D eigenvalue weighted by atomic mass is 35.5. The number of hydrogen-bond donors (Lipinski definition) is 1. The van der Waals surface area contributed by atoms with Crippen LogP contribution < -0.4 is 0 Å². The largest absolute Gasteiger partial charge is 0.479 e. The van der Waals surface area contributed by atoms with Crippen molar-refractivity contribution in [2.24, 2.45) is 0 Å². The number of rotatable bonds is 4. The zero-order valence-electron chi connectivity index (χ0n) is 13.5. The second-order valence-corrected chi connectivity index (χ2v) is 6.86. The number of benzene rings is 1. The zero-order valence-corrected chi connectivity index (χ0v) is 14.3. The predicted octanol–water partition coefficient (Wildman–Crippen LogP) is 3.59. The van der Waals surface area contributed by atoms with Crippen LogP contribution in [0.1, 0.15) is 33.3 Å². The van der Waals surface area contributed by atoms with Crippen LogP contribution in [0.4, 0.5) is 4.79 Å². The van der Waals surface area contributed by atoms with Gasteiger partial charge in [0.15, 0.2) is 0 Å². The van der Waals surface area contributed by atoms with Crippen molar-refractivity contribution >= 4 is 23.7 Å². The SMILES string of the molecule is CN(C(=O)OC(C)(C)C)C(C)(Cc1ccc(Cl)cc1)C(=O)O. The molecule has 22 heavy (non-hydrogen) atoms. The minimum atomic E-state index is -1.42. The number of carboxylic acids is 1. The summed E-state index contributed by atoms with van der Waals surface area (Å²) in [6.07, 6.45) is -0.527. The van der Waals surface area contributed by atoms with Gasteiger partial charge in [-0.2, -0.15) is 0 Å². The molecule has 0 heterocycles. The van der Waals surface area contributed by atoms with Crippen molar-refractivity contribution in [3.05, 3.63) is 34.9 Å². The molecule has 0 saturated carbocycles. The Morgan fingerprint density at radius 1 is 1.18 bits per heavy atom. The summed E-state index contributed by atoms with van der Waals surface area (Å²) in [5.74, 6) is -1.10. The number of ether oxygens (including phenoxy) is 1. The predicted molar refractivity (Wildman–Crippen MR) is 85.2 cm³/mol. The molecular formula is C16H22ClNO4. The lowest BCUT2D eigenvalue weighted by atomic mass is 9.91. The zero-order chi connectivity index (χ0) is 17.1. The van der Waals surface area contributed by atoms with Crippen molar-refractivity contribution in [3.63, 3.8) is 0 Å². The lowest BCUT2D eigenvalue weighted by Crippen LogP contribution is -2.55. The van der Waals surface area contributed by atoms with E-state index in [2.05, 4.69) is 0 Å². The van der Waals surface area contributed by atoms with Crippen molar-refractivity contribution in [3.8, 4) is 0 Å². The van der Waals surface area contributed by atoms with Gasteiger partial charge in [0.05, 0.1) is 0 Å². The highest BCUT2D eigenvalue weighted by Gasteiger charge is 2.42. The Labute approximate surface area is 135 Å². The fourth-order valence-corrected chi connectivity index (χ4v) is 2.00. The van der Waals surface area contributed by atoms with Crippen LogP contribution in [-0.2, 0) is 16.0 Å². The normalized spacial score (nSPS) is 14.1. The van der Waals surface area contributed by atoms with Crippen molar-refractivity contribution in [1.82, 2.24) is 4.90 Å². The number of carbonyl (C=O) groups excluding carboxylic acids is 1. The molecule has 1 aromatic carbocycles. The third-order valence-electron chi connectivity index (χ3n) is 3.33. The maximum Gasteiger partial charge on any atom is 0.410 e. The lowest BCUT2D eigenvalue weighted by Gasteiger charge is -2.36. The first kappa shape index (κ1) is 18.3. The summed E-state index contributed by atoms with van der Waals surface area (Å²) >= 11 is 5.83. The molecular weight excluding hydrogens is 306 g/mol.